The molecule has 0 saturated carbocycles. The molecule has 2 nitrogen and oxygen atoms in total. The lowest BCUT2D eigenvalue weighted by atomic mass is 10.0. The molecule has 1 aliphatic rings. The average molecular weight is 227 g/mol. The number of methoxy groups -OCH3 is 1. The van der Waals surface area contributed by atoms with Gasteiger partial charge in [-0.05, 0) is 37.1 Å². The van der Waals surface area contributed by atoms with Crippen LogP contribution in [-0.2, 0) is 0 Å². The largest absolute Gasteiger partial charge is 0.494 e. The highest BCUT2D eigenvalue weighted by molar-refractivity contribution is 5.31. The van der Waals surface area contributed by atoms with Crippen LogP contribution in [0.2, 0.25) is 0 Å². The van der Waals surface area contributed by atoms with E-state index in [1.807, 2.05) is 0 Å². The number of nitrogens with one attached hydrogen (secondary N) is 1. The summed E-state index contributed by atoms with van der Waals surface area (Å²) in [5.74, 6) is -0.365. The van der Waals surface area contributed by atoms with Gasteiger partial charge in [-0.15, -0.1) is 0 Å². The van der Waals surface area contributed by atoms with Gasteiger partial charge in [0.25, 0.3) is 0 Å². The summed E-state index contributed by atoms with van der Waals surface area (Å²) in [4.78, 5) is 0. The average Bonchev–Trinajstić information content (AvgIpc) is 2.81. The van der Waals surface area contributed by atoms with Gasteiger partial charge in [-0.25, -0.2) is 8.78 Å². The molecule has 2 atom stereocenters. The third-order valence-corrected chi connectivity index (χ3v) is 2.95. The maximum absolute atomic E-state index is 14.0. The molecule has 0 spiro atoms. The second-order valence-corrected chi connectivity index (χ2v) is 4.00. The van der Waals surface area contributed by atoms with E-state index >= 15 is 0 Å². The van der Waals surface area contributed by atoms with Gasteiger partial charge in [0, 0.05) is 6.04 Å². The lowest BCUT2D eigenvalue weighted by molar-refractivity contribution is 0.270. The Labute approximate surface area is 93.6 Å². The van der Waals surface area contributed by atoms with E-state index in [2.05, 4.69) is 5.32 Å². The molecule has 1 aromatic carbocycles. The van der Waals surface area contributed by atoms with Crippen molar-refractivity contribution in [2.45, 2.75) is 25.1 Å². The minimum atomic E-state index is -1.15. The molecule has 2 unspecified atom stereocenters. The molecule has 4 heteroatoms. The van der Waals surface area contributed by atoms with Gasteiger partial charge in [0.2, 0.25) is 0 Å². The second kappa shape index (κ2) is 4.78. The highest BCUT2D eigenvalue weighted by Crippen LogP contribution is 2.29. The third kappa shape index (κ3) is 2.16. The number of alkyl halides is 1. The quantitative estimate of drug-likeness (QED) is 0.857. The van der Waals surface area contributed by atoms with E-state index in [1.165, 1.54) is 19.2 Å². The van der Waals surface area contributed by atoms with E-state index < -0.39 is 12.0 Å². The van der Waals surface area contributed by atoms with Gasteiger partial charge >= 0.3 is 0 Å². The van der Waals surface area contributed by atoms with E-state index in [1.54, 1.807) is 6.07 Å². The van der Waals surface area contributed by atoms with Crippen molar-refractivity contribution in [3.8, 4) is 5.75 Å². The van der Waals surface area contributed by atoms with Crippen molar-refractivity contribution in [2.24, 2.45) is 0 Å². The van der Waals surface area contributed by atoms with Crippen molar-refractivity contribution >= 4 is 0 Å². The van der Waals surface area contributed by atoms with E-state index in [0.29, 0.717) is 5.56 Å². The smallest absolute Gasteiger partial charge is 0.165 e. The molecule has 1 aromatic rings. The summed E-state index contributed by atoms with van der Waals surface area (Å²) < 4.78 is 32.2. The van der Waals surface area contributed by atoms with E-state index in [0.717, 1.165) is 19.4 Å². The lowest BCUT2D eigenvalue weighted by Gasteiger charge is -2.16. The molecule has 1 heterocycles. The van der Waals surface area contributed by atoms with Crippen molar-refractivity contribution in [3.63, 3.8) is 0 Å². The van der Waals surface area contributed by atoms with Crippen LogP contribution in [0.1, 0.15) is 24.6 Å². The minimum absolute atomic E-state index is 0.148. The first-order valence-corrected chi connectivity index (χ1v) is 5.43. The molecule has 1 aliphatic heterocycles. The van der Waals surface area contributed by atoms with E-state index in [-0.39, 0.29) is 11.8 Å². The van der Waals surface area contributed by atoms with Gasteiger partial charge in [0.1, 0.15) is 6.17 Å². The van der Waals surface area contributed by atoms with Crippen LogP contribution in [0, 0.1) is 5.82 Å². The van der Waals surface area contributed by atoms with Gasteiger partial charge in [-0.1, -0.05) is 6.07 Å². The summed E-state index contributed by atoms with van der Waals surface area (Å²) in [6, 6.07) is 4.07. The maximum Gasteiger partial charge on any atom is 0.165 e. The third-order valence-electron chi connectivity index (χ3n) is 2.95. The number of hydrogen-bond donors (Lipinski definition) is 1. The molecule has 0 radical (unpaired) electrons. The number of rotatable bonds is 3. The standard InChI is InChI=1S/C12H15F2NO/c1-16-11-5-4-8(7-9(11)13)12(14)10-3-2-6-15-10/h4-5,7,10,12,15H,2-3,6H2,1H3. The van der Waals surface area contributed by atoms with Crippen LogP contribution < -0.4 is 10.1 Å². The molecular weight excluding hydrogens is 212 g/mol. The zero-order chi connectivity index (χ0) is 11.5. The van der Waals surface area contributed by atoms with Crippen molar-refractivity contribution < 1.29 is 13.5 Å². The Bertz CT molecular complexity index is 364. The van der Waals surface area contributed by atoms with Gasteiger partial charge in [-0.2, -0.15) is 0 Å². The Balaban J connectivity index is 2.16. The summed E-state index contributed by atoms with van der Waals surface area (Å²) in [5.41, 5.74) is 0.373. The van der Waals surface area contributed by atoms with Crippen molar-refractivity contribution in [3.05, 3.63) is 29.6 Å². The molecule has 0 aliphatic carbocycles. The summed E-state index contributed by atoms with van der Waals surface area (Å²) in [6.07, 6.45) is 0.626. The first-order valence-electron chi connectivity index (χ1n) is 5.43. The molecule has 0 bridgehead atoms. The normalized spacial score (nSPS) is 22.1. The summed E-state index contributed by atoms with van der Waals surface area (Å²) in [5, 5.41) is 3.07. The maximum atomic E-state index is 14.0. The first-order chi connectivity index (χ1) is 7.72. The van der Waals surface area contributed by atoms with Crippen LogP contribution in [0.15, 0.2) is 18.2 Å². The Morgan fingerprint density at radius 1 is 1.50 bits per heavy atom. The van der Waals surface area contributed by atoms with Crippen LogP contribution in [0.4, 0.5) is 8.78 Å². The number of halogens is 2. The fraction of sp³-hybridized carbons (Fsp3) is 0.500. The summed E-state index contributed by atoms with van der Waals surface area (Å²) in [7, 11) is 1.39. The summed E-state index contributed by atoms with van der Waals surface area (Å²) in [6.45, 7) is 0.837. The molecule has 2 rings (SSSR count). The molecule has 16 heavy (non-hydrogen) atoms. The van der Waals surface area contributed by atoms with E-state index in [9.17, 15) is 8.78 Å². The first kappa shape index (κ1) is 11.3. The van der Waals surface area contributed by atoms with Gasteiger partial charge < -0.3 is 10.1 Å². The fourth-order valence-electron chi connectivity index (χ4n) is 2.05. The molecular formula is C12H15F2NO. The minimum Gasteiger partial charge on any atom is -0.494 e. The molecule has 88 valence electrons. The van der Waals surface area contributed by atoms with Crippen molar-refractivity contribution in [1.29, 1.82) is 0 Å². The van der Waals surface area contributed by atoms with E-state index in [4.69, 9.17) is 4.74 Å². The van der Waals surface area contributed by atoms with Crippen LogP contribution in [0.5, 0.6) is 5.75 Å². The van der Waals surface area contributed by atoms with Crippen LogP contribution in [0.25, 0.3) is 0 Å². The topological polar surface area (TPSA) is 21.3 Å². The highest BCUT2D eigenvalue weighted by Gasteiger charge is 2.26. The predicted octanol–water partition coefficient (Wildman–Crippen LogP) is 2.60. The Morgan fingerprint density at radius 3 is 2.88 bits per heavy atom. The number of hydrogen-bond acceptors (Lipinski definition) is 2. The van der Waals surface area contributed by atoms with Crippen LogP contribution >= 0.6 is 0 Å². The highest BCUT2D eigenvalue weighted by atomic mass is 19.1. The fourth-order valence-corrected chi connectivity index (χ4v) is 2.05. The zero-order valence-corrected chi connectivity index (χ0v) is 9.17. The molecule has 0 aromatic heterocycles. The molecule has 1 saturated heterocycles. The molecule has 0 amide bonds. The van der Waals surface area contributed by atoms with Crippen molar-refractivity contribution in [2.75, 3.05) is 13.7 Å². The lowest BCUT2D eigenvalue weighted by Crippen LogP contribution is -2.26. The zero-order valence-electron chi connectivity index (χ0n) is 9.17. The second-order valence-electron chi connectivity index (χ2n) is 4.00. The molecule has 1 fully saturated rings. The number of benzene rings is 1. The Morgan fingerprint density at radius 2 is 2.31 bits per heavy atom. The summed E-state index contributed by atoms with van der Waals surface area (Å²) >= 11 is 0. The molecule has 1 N–H and O–H groups in total. The van der Waals surface area contributed by atoms with Crippen LogP contribution in [0.3, 0.4) is 0 Å². The Kier molecular flexibility index (Phi) is 3.39. The predicted molar refractivity (Wildman–Crippen MR) is 57.8 cm³/mol. The Hall–Kier alpha value is -1.16. The SMILES string of the molecule is COc1ccc(C(F)C2CCCN2)cc1F. The monoisotopic (exact) mass is 227 g/mol. The van der Waals surface area contributed by atoms with Gasteiger partial charge in [0.15, 0.2) is 11.6 Å². The van der Waals surface area contributed by atoms with Crippen LogP contribution in [-0.4, -0.2) is 19.7 Å². The van der Waals surface area contributed by atoms with Crippen molar-refractivity contribution in [1.82, 2.24) is 5.32 Å². The number of ether oxygens (including phenoxy) is 1. The van der Waals surface area contributed by atoms with Gasteiger partial charge in [0.05, 0.1) is 7.11 Å². The van der Waals surface area contributed by atoms with Gasteiger partial charge in [-0.3, -0.25) is 0 Å².